The SMILES string of the molecule is CCCCOc1ccc(CNC(=O)CCc2cc(Cl)cs2)cc1OC. The number of hydrogen-bond acceptors (Lipinski definition) is 4. The molecule has 0 saturated heterocycles. The minimum Gasteiger partial charge on any atom is -0.493 e. The van der Waals surface area contributed by atoms with Crippen molar-refractivity contribution < 1.29 is 14.3 Å². The van der Waals surface area contributed by atoms with E-state index in [4.69, 9.17) is 21.1 Å². The fraction of sp³-hybridized carbons (Fsp3) is 0.421. The second kappa shape index (κ2) is 10.3. The van der Waals surface area contributed by atoms with Gasteiger partial charge in [0.1, 0.15) is 0 Å². The molecule has 136 valence electrons. The highest BCUT2D eigenvalue weighted by atomic mass is 35.5. The summed E-state index contributed by atoms with van der Waals surface area (Å²) < 4.78 is 11.1. The molecule has 2 rings (SSSR count). The van der Waals surface area contributed by atoms with E-state index in [0.717, 1.165) is 34.1 Å². The van der Waals surface area contributed by atoms with Crippen LogP contribution in [-0.2, 0) is 17.8 Å². The van der Waals surface area contributed by atoms with Crippen LogP contribution in [0.2, 0.25) is 5.02 Å². The first-order valence-corrected chi connectivity index (χ1v) is 9.67. The lowest BCUT2D eigenvalue weighted by Crippen LogP contribution is -2.22. The van der Waals surface area contributed by atoms with Gasteiger partial charge in [0.05, 0.1) is 18.7 Å². The Hall–Kier alpha value is -1.72. The monoisotopic (exact) mass is 381 g/mol. The van der Waals surface area contributed by atoms with E-state index < -0.39 is 0 Å². The Bertz CT molecular complexity index is 687. The number of carbonyl (C=O) groups excluding carboxylic acids is 1. The highest BCUT2D eigenvalue weighted by Gasteiger charge is 2.08. The summed E-state index contributed by atoms with van der Waals surface area (Å²) in [5.74, 6) is 1.45. The summed E-state index contributed by atoms with van der Waals surface area (Å²) in [7, 11) is 1.62. The smallest absolute Gasteiger partial charge is 0.220 e. The van der Waals surface area contributed by atoms with Crippen molar-refractivity contribution in [3.05, 3.63) is 45.1 Å². The van der Waals surface area contributed by atoms with E-state index in [-0.39, 0.29) is 5.91 Å². The normalized spacial score (nSPS) is 10.5. The van der Waals surface area contributed by atoms with Crippen molar-refractivity contribution in [3.63, 3.8) is 0 Å². The standard InChI is InChI=1S/C19H24ClNO3S/c1-3-4-9-24-17-7-5-14(10-18(17)23-2)12-21-19(22)8-6-16-11-15(20)13-25-16/h5,7,10-11,13H,3-4,6,8-9,12H2,1-2H3,(H,21,22). The summed E-state index contributed by atoms with van der Waals surface area (Å²) in [5, 5.41) is 5.55. The molecule has 0 bridgehead atoms. The zero-order chi connectivity index (χ0) is 18.1. The maximum Gasteiger partial charge on any atom is 0.220 e. The van der Waals surface area contributed by atoms with Crippen LogP contribution in [0, 0.1) is 0 Å². The van der Waals surface area contributed by atoms with Crippen LogP contribution in [0.3, 0.4) is 0 Å². The first-order chi connectivity index (χ1) is 12.1. The average molecular weight is 382 g/mol. The maximum absolute atomic E-state index is 12.0. The summed E-state index contributed by atoms with van der Waals surface area (Å²) >= 11 is 7.46. The molecule has 1 aromatic carbocycles. The Morgan fingerprint density at radius 3 is 2.80 bits per heavy atom. The molecular weight excluding hydrogens is 358 g/mol. The van der Waals surface area contributed by atoms with Crippen molar-refractivity contribution in [3.8, 4) is 11.5 Å². The van der Waals surface area contributed by atoms with E-state index in [2.05, 4.69) is 12.2 Å². The van der Waals surface area contributed by atoms with E-state index in [9.17, 15) is 4.79 Å². The van der Waals surface area contributed by atoms with Gasteiger partial charge in [-0.3, -0.25) is 4.79 Å². The van der Waals surface area contributed by atoms with E-state index >= 15 is 0 Å². The Balaban J connectivity index is 1.81. The minimum absolute atomic E-state index is 0.0201. The van der Waals surface area contributed by atoms with Crippen LogP contribution in [0.1, 0.15) is 36.6 Å². The van der Waals surface area contributed by atoms with Gasteiger partial charge in [-0.1, -0.05) is 31.0 Å². The molecule has 0 aliphatic carbocycles. The van der Waals surface area contributed by atoms with Gasteiger partial charge in [-0.25, -0.2) is 0 Å². The molecule has 1 heterocycles. The minimum atomic E-state index is 0.0201. The molecule has 4 nitrogen and oxygen atoms in total. The van der Waals surface area contributed by atoms with Gasteiger partial charge in [0, 0.05) is 23.2 Å². The van der Waals surface area contributed by atoms with Crippen molar-refractivity contribution in [2.24, 2.45) is 0 Å². The van der Waals surface area contributed by atoms with Gasteiger partial charge >= 0.3 is 0 Å². The maximum atomic E-state index is 12.0. The molecule has 0 saturated carbocycles. The van der Waals surface area contributed by atoms with Crippen molar-refractivity contribution in [2.75, 3.05) is 13.7 Å². The number of methoxy groups -OCH3 is 1. The molecule has 1 N–H and O–H groups in total. The molecule has 25 heavy (non-hydrogen) atoms. The number of nitrogens with one attached hydrogen (secondary N) is 1. The zero-order valence-corrected chi connectivity index (χ0v) is 16.2. The number of thiophene rings is 1. The second-order valence-corrected chi connectivity index (χ2v) is 7.13. The predicted molar refractivity (Wildman–Crippen MR) is 103 cm³/mol. The Kier molecular flexibility index (Phi) is 8.09. The number of amides is 1. The lowest BCUT2D eigenvalue weighted by Gasteiger charge is -2.12. The van der Waals surface area contributed by atoms with Crippen LogP contribution in [0.25, 0.3) is 0 Å². The van der Waals surface area contributed by atoms with Crippen molar-refractivity contribution in [1.29, 1.82) is 0 Å². The first kappa shape index (κ1) is 19.6. The van der Waals surface area contributed by atoms with Crippen LogP contribution >= 0.6 is 22.9 Å². The number of carbonyl (C=O) groups is 1. The number of unbranched alkanes of at least 4 members (excludes halogenated alkanes) is 1. The van der Waals surface area contributed by atoms with E-state index in [1.165, 1.54) is 0 Å². The molecule has 0 aliphatic rings. The molecule has 2 aromatic rings. The third-order valence-corrected chi connectivity index (χ3v) is 5.04. The fourth-order valence-electron chi connectivity index (χ4n) is 2.28. The molecule has 1 amide bonds. The quantitative estimate of drug-likeness (QED) is 0.599. The number of halogens is 1. The van der Waals surface area contributed by atoms with Gasteiger partial charge in [-0.2, -0.15) is 0 Å². The number of ether oxygens (including phenoxy) is 2. The molecule has 0 atom stereocenters. The van der Waals surface area contributed by atoms with Gasteiger partial charge in [0.15, 0.2) is 11.5 Å². The second-order valence-electron chi connectivity index (χ2n) is 5.70. The molecule has 0 aliphatic heterocycles. The molecule has 0 fully saturated rings. The van der Waals surface area contributed by atoms with Gasteiger partial charge < -0.3 is 14.8 Å². The number of benzene rings is 1. The molecule has 1 aromatic heterocycles. The van der Waals surface area contributed by atoms with Crippen molar-refractivity contribution in [1.82, 2.24) is 5.32 Å². The van der Waals surface area contributed by atoms with Crippen molar-refractivity contribution in [2.45, 2.75) is 39.2 Å². The number of rotatable bonds is 10. The Labute approximate surface area is 158 Å². The molecule has 0 radical (unpaired) electrons. The highest BCUT2D eigenvalue weighted by molar-refractivity contribution is 7.10. The molecule has 0 spiro atoms. The third kappa shape index (κ3) is 6.59. The van der Waals surface area contributed by atoms with Crippen LogP contribution in [0.5, 0.6) is 11.5 Å². The fourth-order valence-corrected chi connectivity index (χ4v) is 3.36. The molecular formula is C19H24ClNO3S. The summed E-state index contributed by atoms with van der Waals surface area (Å²) in [5.41, 5.74) is 0.979. The summed E-state index contributed by atoms with van der Waals surface area (Å²) in [6.45, 7) is 3.27. The Morgan fingerprint density at radius 1 is 1.28 bits per heavy atom. The summed E-state index contributed by atoms with van der Waals surface area (Å²) in [4.78, 5) is 13.1. The lowest BCUT2D eigenvalue weighted by molar-refractivity contribution is -0.121. The highest BCUT2D eigenvalue weighted by Crippen LogP contribution is 2.28. The van der Waals surface area contributed by atoms with Crippen LogP contribution in [0.4, 0.5) is 0 Å². The molecule has 0 unspecified atom stereocenters. The van der Waals surface area contributed by atoms with Crippen LogP contribution < -0.4 is 14.8 Å². The largest absolute Gasteiger partial charge is 0.493 e. The molecule has 6 heteroatoms. The van der Waals surface area contributed by atoms with Gasteiger partial charge in [0.2, 0.25) is 5.91 Å². The first-order valence-electron chi connectivity index (χ1n) is 8.41. The Morgan fingerprint density at radius 2 is 2.12 bits per heavy atom. The lowest BCUT2D eigenvalue weighted by atomic mass is 10.2. The van der Waals surface area contributed by atoms with Crippen LogP contribution in [-0.4, -0.2) is 19.6 Å². The van der Waals surface area contributed by atoms with Crippen molar-refractivity contribution >= 4 is 28.8 Å². The van der Waals surface area contributed by atoms with Gasteiger partial charge in [0.25, 0.3) is 0 Å². The summed E-state index contributed by atoms with van der Waals surface area (Å²) in [6.07, 6.45) is 3.25. The summed E-state index contributed by atoms with van der Waals surface area (Å²) in [6, 6.07) is 7.65. The number of aryl methyl sites for hydroxylation is 1. The topological polar surface area (TPSA) is 47.6 Å². The zero-order valence-electron chi connectivity index (χ0n) is 14.6. The van der Waals surface area contributed by atoms with Crippen LogP contribution in [0.15, 0.2) is 29.6 Å². The third-order valence-electron chi connectivity index (χ3n) is 3.69. The van der Waals surface area contributed by atoms with E-state index in [0.29, 0.717) is 31.7 Å². The van der Waals surface area contributed by atoms with E-state index in [1.54, 1.807) is 18.4 Å². The van der Waals surface area contributed by atoms with Gasteiger partial charge in [-0.05, 0) is 36.6 Å². The average Bonchev–Trinajstić information content (AvgIpc) is 3.04. The van der Waals surface area contributed by atoms with E-state index in [1.807, 2.05) is 29.6 Å². The number of hydrogen-bond donors (Lipinski definition) is 1. The van der Waals surface area contributed by atoms with Gasteiger partial charge in [-0.15, -0.1) is 11.3 Å². The predicted octanol–water partition coefficient (Wildman–Crippen LogP) is 4.84.